The number of aliphatic imine (C=N–C) groups is 2. The van der Waals surface area contributed by atoms with Crippen LogP contribution in [0.25, 0.3) is 0 Å². The molecule has 1 aliphatic rings. The third kappa shape index (κ3) is 23.9. The van der Waals surface area contributed by atoms with E-state index in [1.54, 1.807) is 0 Å². The number of likely N-dealkylation sites (tertiary alicyclic amines) is 1. The fourth-order valence-electron chi connectivity index (χ4n) is 7.08. The van der Waals surface area contributed by atoms with Crippen molar-refractivity contribution in [1.82, 2.24) is 52.8 Å². The molecule has 0 radical (unpaired) electrons. The second-order valence-corrected chi connectivity index (χ2v) is 17.3. The van der Waals surface area contributed by atoms with Crippen LogP contribution in [0.2, 0.25) is 0 Å². The highest BCUT2D eigenvalue weighted by Gasteiger charge is 2.39. The van der Waals surface area contributed by atoms with Crippen LogP contribution in [-0.2, 0) is 57.5 Å². The lowest BCUT2D eigenvalue weighted by Gasteiger charge is -2.30. The molecule has 76 heavy (non-hydrogen) atoms. The van der Waals surface area contributed by atoms with Crippen molar-refractivity contribution in [2.45, 2.75) is 133 Å². The molecule has 0 aromatic carbocycles. The Balaban J connectivity index is 3.36. The molecule has 0 aliphatic carbocycles. The number of guanidine groups is 2. The predicted octanol–water partition coefficient (Wildman–Crippen LogP) is -11.2. The van der Waals surface area contributed by atoms with E-state index >= 15 is 0 Å². The van der Waals surface area contributed by atoms with Gasteiger partial charge in [0.25, 0.3) is 0 Å². The van der Waals surface area contributed by atoms with Gasteiger partial charge in [0.15, 0.2) is 11.9 Å². The Morgan fingerprint density at radius 3 is 1.43 bits per heavy atom. The van der Waals surface area contributed by atoms with Crippen molar-refractivity contribution in [3.63, 3.8) is 0 Å². The molecule has 1 saturated heterocycles. The minimum atomic E-state index is -1.86. The molecular formula is C42H73N17O17. The molecule has 0 spiro atoms. The first-order valence-corrected chi connectivity index (χ1v) is 23.8. The minimum Gasteiger partial charge on any atom is -0.481 e. The highest BCUT2D eigenvalue weighted by Crippen LogP contribution is 2.19. The van der Waals surface area contributed by atoms with Gasteiger partial charge in [-0.2, -0.15) is 0 Å². The smallest absolute Gasteiger partial charge is 0.303 e. The van der Waals surface area contributed by atoms with Gasteiger partial charge in [-0.25, -0.2) is 0 Å². The van der Waals surface area contributed by atoms with Crippen LogP contribution in [0, 0.1) is 0 Å². The second kappa shape index (κ2) is 33.8. The molecule has 0 saturated carbocycles. The number of carboxylic acids is 1. The molecular weight excluding hydrogens is 1010 g/mol. The van der Waals surface area contributed by atoms with E-state index in [1.807, 2.05) is 0 Å². The van der Waals surface area contributed by atoms with Crippen LogP contribution in [0.5, 0.6) is 0 Å². The number of nitrogens with one attached hydrogen (secondary N) is 9. The molecule has 1 aliphatic heterocycles. The van der Waals surface area contributed by atoms with Crippen molar-refractivity contribution in [3.05, 3.63) is 0 Å². The summed E-state index contributed by atoms with van der Waals surface area (Å²) in [7, 11) is 0. The molecule has 10 atom stereocenters. The predicted molar refractivity (Wildman–Crippen MR) is 263 cm³/mol. The highest BCUT2D eigenvalue weighted by atomic mass is 16.4. The zero-order chi connectivity index (χ0) is 57.8. The molecule has 1 heterocycles. The average Bonchev–Trinajstić information content (AvgIpc) is 3.85. The first kappa shape index (κ1) is 66.0. The number of hydrogen-bond acceptors (Lipinski definition) is 18. The summed E-state index contributed by atoms with van der Waals surface area (Å²) in [5, 5.41) is 69.2. The van der Waals surface area contributed by atoms with Crippen LogP contribution in [0.4, 0.5) is 0 Å². The van der Waals surface area contributed by atoms with Crippen LogP contribution in [0.15, 0.2) is 9.98 Å². The molecule has 0 bridgehead atoms. The van der Waals surface area contributed by atoms with Crippen molar-refractivity contribution in [3.8, 4) is 0 Å². The molecule has 24 N–H and O–H groups in total. The van der Waals surface area contributed by atoms with Crippen LogP contribution in [0.3, 0.4) is 0 Å². The minimum absolute atomic E-state index is 0.00860. The molecule has 0 unspecified atom stereocenters. The monoisotopic (exact) mass is 1090 g/mol. The molecule has 34 nitrogen and oxygen atoms in total. The van der Waals surface area contributed by atoms with Crippen molar-refractivity contribution in [2.24, 2.45) is 38.7 Å². The number of rotatable bonds is 34. The number of carboxylic acid groups (broad SMARTS) is 1. The number of carbonyl (C=O) groups is 12. The van der Waals surface area contributed by atoms with Crippen LogP contribution < -0.4 is 76.5 Å². The number of aliphatic hydroxyl groups excluding tert-OH is 4. The van der Waals surface area contributed by atoms with E-state index in [4.69, 9.17) is 28.7 Å². The van der Waals surface area contributed by atoms with Crippen LogP contribution in [0.1, 0.15) is 72.1 Å². The second-order valence-electron chi connectivity index (χ2n) is 17.3. The summed E-state index contributed by atoms with van der Waals surface area (Å²) in [5.41, 5.74) is 27.0. The lowest BCUT2D eigenvalue weighted by atomic mass is 10.1. The number of primary amides is 1. The molecule has 1 fully saturated rings. The number of amides is 11. The normalized spacial score (nSPS) is 16.4. The van der Waals surface area contributed by atoms with Crippen LogP contribution >= 0.6 is 0 Å². The fraction of sp³-hybridized carbons (Fsp3) is 0.667. The van der Waals surface area contributed by atoms with E-state index in [0.717, 1.165) is 18.7 Å². The Labute approximate surface area is 435 Å². The van der Waals surface area contributed by atoms with Gasteiger partial charge in [-0.3, -0.25) is 67.5 Å². The summed E-state index contributed by atoms with van der Waals surface area (Å²) >= 11 is 0. The van der Waals surface area contributed by atoms with Crippen LogP contribution in [-0.4, -0.2) is 220 Å². The number of carbonyl (C=O) groups excluding carboxylic acids is 11. The van der Waals surface area contributed by atoms with Gasteiger partial charge >= 0.3 is 5.97 Å². The Hall–Kier alpha value is -7.98. The van der Waals surface area contributed by atoms with E-state index in [9.17, 15) is 83.1 Å². The maximum Gasteiger partial charge on any atom is 0.303 e. The first-order valence-electron chi connectivity index (χ1n) is 23.8. The van der Waals surface area contributed by atoms with Crippen molar-refractivity contribution < 1.29 is 83.1 Å². The Morgan fingerprint density at radius 2 is 1.01 bits per heavy atom. The van der Waals surface area contributed by atoms with Gasteiger partial charge in [0, 0.05) is 33.0 Å². The topological polar surface area (TPSA) is 572 Å². The van der Waals surface area contributed by atoms with E-state index in [0.29, 0.717) is 0 Å². The number of nitrogens with two attached hydrogens (primary N) is 5. The summed E-state index contributed by atoms with van der Waals surface area (Å²) in [6, 6.07) is -14.2. The standard InChI is InChI=1S/C42H73N17O17/c1-19(40(76)59-14-6-9-28(59)39(75)55-24(10-11-30(66)67)35(71)58-31(20(2)63)32(43)68)51-33(69)22(7-4-12-48-41(44)45)53-34(70)23(8-5-13-49-42(46)47)54-37(73)26(17-61)57-38(74)27(18-62)56-36(72)25(16-60)52-29(65)15-50-21(3)64/h19-20,22-28,31,60-63H,4-18H2,1-3H3,(H2,43,68)(H,50,64)(H,51,69)(H,52,65)(H,53,70)(H,54,73)(H,55,75)(H,56,72)(H,57,74)(H,58,71)(H,66,67)(H4,44,45,48)(H4,46,47,49)/t19-,20+,22-,23-,24-,25-,26-,27-,28-,31-/m0/s1. The Bertz CT molecular complexity index is 2120. The zero-order valence-electron chi connectivity index (χ0n) is 42.2. The average molecular weight is 1090 g/mol. The number of nitrogens with zero attached hydrogens (tertiary/aromatic N) is 3. The lowest BCUT2D eigenvalue weighted by molar-refractivity contribution is -0.142. The Morgan fingerprint density at radius 1 is 0.592 bits per heavy atom. The number of hydrogen-bond donors (Lipinski definition) is 19. The first-order chi connectivity index (χ1) is 35.7. The van der Waals surface area contributed by atoms with Gasteiger partial charge in [-0.05, 0) is 58.8 Å². The maximum absolute atomic E-state index is 14.0. The summed E-state index contributed by atoms with van der Waals surface area (Å²) in [4.78, 5) is 163. The van der Waals surface area contributed by atoms with Gasteiger partial charge in [-0.15, -0.1) is 0 Å². The molecule has 0 aromatic heterocycles. The van der Waals surface area contributed by atoms with Crippen molar-refractivity contribution in [1.29, 1.82) is 0 Å². The molecule has 1 rings (SSSR count). The summed E-state index contributed by atoms with van der Waals surface area (Å²) in [6.07, 6.45) is -2.57. The Kier molecular flexibility index (Phi) is 29.3. The van der Waals surface area contributed by atoms with Crippen molar-refractivity contribution >= 4 is 82.9 Å². The summed E-state index contributed by atoms with van der Waals surface area (Å²) in [5.74, 6) is -12.8. The highest BCUT2D eigenvalue weighted by molar-refractivity contribution is 5.99. The lowest BCUT2D eigenvalue weighted by Crippen LogP contribution is -2.61. The SMILES string of the molecule is CC(=O)NCC(=O)N[C@@H](CO)C(=O)N[C@@H](CO)C(=O)N[C@@H](CO)C(=O)N[C@@H](CCCN=C(N)N)C(=O)N[C@@H](CCCN=C(N)N)C(=O)N[C@@H](C)C(=O)N1CCC[C@H]1C(=O)N[C@@H](CCC(=O)O)C(=O)N[C@H](C(N)=O)[C@@H](C)O. The summed E-state index contributed by atoms with van der Waals surface area (Å²) < 4.78 is 0. The van der Waals surface area contributed by atoms with E-state index in [-0.39, 0.29) is 70.1 Å². The number of aliphatic hydroxyl groups is 4. The van der Waals surface area contributed by atoms with Gasteiger partial charge in [0.2, 0.25) is 65.0 Å². The third-order valence-corrected chi connectivity index (χ3v) is 11.1. The molecule has 34 heteroatoms. The largest absolute Gasteiger partial charge is 0.481 e. The fourth-order valence-corrected chi connectivity index (χ4v) is 7.08. The maximum atomic E-state index is 14.0. The van der Waals surface area contributed by atoms with Gasteiger partial charge < -0.3 is 107 Å². The number of aliphatic carboxylic acids is 1. The third-order valence-electron chi connectivity index (χ3n) is 11.1. The van der Waals surface area contributed by atoms with E-state index < -0.39 is 171 Å². The van der Waals surface area contributed by atoms with E-state index in [2.05, 4.69) is 57.8 Å². The summed E-state index contributed by atoms with van der Waals surface area (Å²) in [6.45, 7) is -0.332. The van der Waals surface area contributed by atoms with Crippen molar-refractivity contribution in [2.75, 3.05) is 46.0 Å². The molecule has 0 aromatic rings. The van der Waals surface area contributed by atoms with Gasteiger partial charge in [0.05, 0.1) is 32.5 Å². The molecule has 428 valence electrons. The quantitative estimate of drug-likeness (QED) is 0.0162. The van der Waals surface area contributed by atoms with Gasteiger partial charge in [0.1, 0.15) is 54.4 Å². The van der Waals surface area contributed by atoms with E-state index in [1.165, 1.54) is 6.92 Å². The van der Waals surface area contributed by atoms with Gasteiger partial charge in [-0.1, -0.05) is 0 Å². The zero-order valence-corrected chi connectivity index (χ0v) is 42.2. The molecule has 11 amide bonds.